The second-order valence-electron chi connectivity index (χ2n) is 5.28. The summed E-state index contributed by atoms with van der Waals surface area (Å²) in [6, 6.07) is 8.96. The minimum absolute atomic E-state index is 0.134. The van der Waals surface area contributed by atoms with E-state index in [1.165, 1.54) is 11.1 Å². The number of nitrogens with one attached hydrogen (secondary N) is 1. The first-order valence-corrected chi connectivity index (χ1v) is 7.21. The smallest absolute Gasteiger partial charge is 0.0814 e. The van der Waals surface area contributed by atoms with Crippen LogP contribution < -0.4 is 5.32 Å². The molecule has 19 heavy (non-hydrogen) atoms. The fourth-order valence-electron chi connectivity index (χ4n) is 2.80. The first-order valence-electron chi connectivity index (χ1n) is 7.21. The number of rotatable bonds is 7. The van der Waals surface area contributed by atoms with E-state index in [4.69, 9.17) is 9.47 Å². The van der Waals surface area contributed by atoms with Crippen LogP contribution in [0.4, 0.5) is 0 Å². The zero-order chi connectivity index (χ0) is 13.7. The number of benzene rings is 1. The number of hydrogen-bond acceptors (Lipinski definition) is 3. The molecule has 106 valence electrons. The molecule has 0 aliphatic heterocycles. The van der Waals surface area contributed by atoms with Crippen LogP contribution in [0.1, 0.15) is 37.4 Å². The largest absolute Gasteiger partial charge is 0.382 e. The Morgan fingerprint density at radius 3 is 2.89 bits per heavy atom. The highest BCUT2D eigenvalue weighted by molar-refractivity contribution is 5.36. The molecule has 1 aromatic carbocycles. The monoisotopic (exact) mass is 263 g/mol. The fraction of sp³-hybridized carbons (Fsp3) is 0.625. The topological polar surface area (TPSA) is 30.5 Å². The molecule has 0 radical (unpaired) electrons. The number of fused-ring (bicyclic) bond motifs is 1. The Kier molecular flexibility index (Phi) is 5.37. The molecule has 0 aromatic heterocycles. The molecule has 0 saturated heterocycles. The van der Waals surface area contributed by atoms with Crippen molar-refractivity contribution in [3.63, 3.8) is 0 Å². The summed E-state index contributed by atoms with van der Waals surface area (Å²) in [4.78, 5) is 0. The van der Waals surface area contributed by atoms with Crippen molar-refractivity contribution in [1.29, 1.82) is 0 Å². The lowest BCUT2D eigenvalue weighted by molar-refractivity contribution is -0.0483. The Balaban J connectivity index is 2.07. The number of methoxy groups -OCH3 is 1. The fourth-order valence-corrected chi connectivity index (χ4v) is 2.80. The Morgan fingerprint density at radius 2 is 2.16 bits per heavy atom. The highest BCUT2D eigenvalue weighted by Gasteiger charge is 2.33. The molecule has 0 spiro atoms. The van der Waals surface area contributed by atoms with Crippen molar-refractivity contribution >= 4 is 0 Å². The first-order chi connectivity index (χ1) is 9.26. The molecule has 1 N–H and O–H groups in total. The molecule has 1 aliphatic carbocycles. The van der Waals surface area contributed by atoms with Crippen LogP contribution in [0.3, 0.4) is 0 Å². The minimum Gasteiger partial charge on any atom is -0.382 e. The Labute approximate surface area is 116 Å². The summed E-state index contributed by atoms with van der Waals surface area (Å²) >= 11 is 0. The summed E-state index contributed by atoms with van der Waals surface area (Å²) in [6.07, 6.45) is 2.48. The van der Waals surface area contributed by atoms with Crippen molar-refractivity contribution in [2.24, 2.45) is 0 Å². The quantitative estimate of drug-likeness (QED) is 0.820. The molecule has 3 heteroatoms. The maximum Gasteiger partial charge on any atom is 0.0814 e. The summed E-state index contributed by atoms with van der Waals surface area (Å²) < 4.78 is 11.3. The summed E-state index contributed by atoms with van der Waals surface area (Å²) in [7, 11) is 1.72. The van der Waals surface area contributed by atoms with Gasteiger partial charge in [0, 0.05) is 13.5 Å². The molecule has 3 unspecified atom stereocenters. The normalized spacial score (nSPS) is 23.3. The highest BCUT2D eigenvalue weighted by Crippen LogP contribution is 2.33. The van der Waals surface area contributed by atoms with E-state index in [9.17, 15) is 0 Å². The van der Waals surface area contributed by atoms with Crippen molar-refractivity contribution in [1.82, 2.24) is 5.32 Å². The third-order valence-electron chi connectivity index (χ3n) is 3.61. The van der Waals surface area contributed by atoms with Crippen molar-refractivity contribution in [2.75, 3.05) is 20.3 Å². The summed E-state index contributed by atoms with van der Waals surface area (Å²) in [5, 5.41) is 3.62. The van der Waals surface area contributed by atoms with Gasteiger partial charge in [-0.05, 0) is 31.0 Å². The molecule has 2 rings (SSSR count). The van der Waals surface area contributed by atoms with Gasteiger partial charge in [0.2, 0.25) is 0 Å². The van der Waals surface area contributed by atoms with Gasteiger partial charge >= 0.3 is 0 Å². The van der Waals surface area contributed by atoms with Crippen LogP contribution in [0.5, 0.6) is 0 Å². The van der Waals surface area contributed by atoms with Gasteiger partial charge in [-0.1, -0.05) is 31.2 Å². The maximum atomic E-state index is 6.16. The zero-order valence-corrected chi connectivity index (χ0v) is 12.2. The second-order valence-corrected chi connectivity index (χ2v) is 5.28. The molecular weight excluding hydrogens is 238 g/mol. The summed E-state index contributed by atoms with van der Waals surface area (Å²) in [6.45, 7) is 5.94. The molecule has 0 amide bonds. The molecular formula is C16H25NO2. The van der Waals surface area contributed by atoms with E-state index in [2.05, 4.69) is 43.4 Å². The van der Waals surface area contributed by atoms with E-state index in [0.717, 1.165) is 19.4 Å². The lowest BCUT2D eigenvalue weighted by atomic mass is 10.1. The van der Waals surface area contributed by atoms with E-state index < -0.39 is 0 Å². The Morgan fingerprint density at radius 1 is 1.37 bits per heavy atom. The van der Waals surface area contributed by atoms with Gasteiger partial charge in [0.15, 0.2) is 0 Å². The lowest BCUT2D eigenvalue weighted by Crippen LogP contribution is -2.34. The predicted molar refractivity (Wildman–Crippen MR) is 77.4 cm³/mol. The van der Waals surface area contributed by atoms with Crippen LogP contribution in [0.2, 0.25) is 0 Å². The molecule has 1 aromatic rings. The van der Waals surface area contributed by atoms with Crippen molar-refractivity contribution < 1.29 is 9.47 Å². The van der Waals surface area contributed by atoms with Gasteiger partial charge in [-0.3, -0.25) is 0 Å². The average molecular weight is 263 g/mol. The third-order valence-corrected chi connectivity index (χ3v) is 3.61. The number of hydrogen-bond donors (Lipinski definition) is 1. The van der Waals surface area contributed by atoms with Gasteiger partial charge < -0.3 is 14.8 Å². The van der Waals surface area contributed by atoms with E-state index >= 15 is 0 Å². The molecule has 0 saturated carbocycles. The van der Waals surface area contributed by atoms with E-state index in [1.54, 1.807) is 7.11 Å². The molecule has 3 atom stereocenters. The SMILES string of the molecule is CCCNC1c2ccccc2CC1OC(C)COC. The van der Waals surface area contributed by atoms with E-state index in [-0.39, 0.29) is 12.2 Å². The average Bonchev–Trinajstić information content (AvgIpc) is 2.74. The summed E-state index contributed by atoms with van der Waals surface area (Å²) in [5.74, 6) is 0. The first kappa shape index (κ1) is 14.5. The van der Waals surface area contributed by atoms with E-state index in [0.29, 0.717) is 12.6 Å². The standard InChI is InChI=1S/C16H25NO2/c1-4-9-17-16-14-8-6-5-7-13(14)10-15(16)19-12(2)11-18-3/h5-8,12,15-17H,4,9-11H2,1-3H3. The molecule has 0 bridgehead atoms. The van der Waals surface area contributed by atoms with Gasteiger partial charge in [0.1, 0.15) is 0 Å². The van der Waals surface area contributed by atoms with Gasteiger partial charge in [-0.2, -0.15) is 0 Å². The van der Waals surface area contributed by atoms with Gasteiger partial charge in [-0.15, -0.1) is 0 Å². The third kappa shape index (κ3) is 3.56. The maximum absolute atomic E-state index is 6.16. The Bertz CT molecular complexity index is 394. The van der Waals surface area contributed by atoms with E-state index in [1.807, 2.05) is 0 Å². The van der Waals surface area contributed by atoms with Gasteiger partial charge in [-0.25, -0.2) is 0 Å². The van der Waals surface area contributed by atoms with Gasteiger partial charge in [0.05, 0.1) is 24.9 Å². The van der Waals surface area contributed by atoms with Crippen LogP contribution in [0, 0.1) is 0 Å². The Hall–Kier alpha value is -0.900. The van der Waals surface area contributed by atoms with Crippen LogP contribution in [-0.4, -0.2) is 32.5 Å². The molecule has 3 nitrogen and oxygen atoms in total. The zero-order valence-electron chi connectivity index (χ0n) is 12.2. The number of ether oxygens (including phenoxy) is 2. The minimum atomic E-state index is 0.134. The predicted octanol–water partition coefficient (Wildman–Crippen LogP) is 2.70. The van der Waals surface area contributed by atoms with Gasteiger partial charge in [0.25, 0.3) is 0 Å². The molecule has 0 heterocycles. The van der Waals surface area contributed by atoms with Crippen molar-refractivity contribution in [3.05, 3.63) is 35.4 Å². The van der Waals surface area contributed by atoms with Crippen molar-refractivity contribution in [3.8, 4) is 0 Å². The highest BCUT2D eigenvalue weighted by atomic mass is 16.5. The lowest BCUT2D eigenvalue weighted by Gasteiger charge is -2.25. The summed E-state index contributed by atoms with van der Waals surface area (Å²) in [5.41, 5.74) is 2.80. The molecule has 1 aliphatic rings. The second kappa shape index (κ2) is 7.04. The van der Waals surface area contributed by atoms with Crippen LogP contribution in [0.15, 0.2) is 24.3 Å². The van der Waals surface area contributed by atoms with Crippen LogP contribution in [0.25, 0.3) is 0 Å². The van der Waals surface area contributed by atoms with Crippen LogP contribution >= 0.6 is 0 Å². The van der Waals surface area contributed by atoms with Crippen molar-refractivity contribution in [2.45, 2.75) is 44.9 Å². The van der Waals surface area contributed by atoms with Crippen LogP contribution in [-0.2, 0) is 15.9 Å². The molecule has 0 fully saturated rings.